The fraction of sp³-hybridized carbons (Fsp3) is 0.200. The van der Waals surface area contributed by atoms with Crippen molar-refractivity contribution < 1.29 is 13.7 Å². The van der Waals surface area contributed by atoms with Crippen LogP contribution in [0.2, 0.25) is 0 Å². The molecule has 0 spiro atoms. The normalized spacial score (nSPS) is 10.6. The second kappa shape index (κ2) is 7.75. The largest absolute Gasteiger partial charge is 0.364 e. The predicted molar refractivity (Wildman–Crippen MR) is 93.2 cm³/mol. The molecule has 0 atom stereocenters. The summed E-state index contributed by atoms with van der Waals surface area (Å²) >= 11 is 0. The average Bonchev–Trinajstić information content (AvgIpc) is 3.08. The Kier molecular flexibility index (Phi) is 5.23. The lowest BCUT2D eigenvalue weighted by Gasteiger charge is -2.06. The van der Waals surface area contributed by atoms with Crippen LogP contribution in [0.15, 0.2) is 59.3 Å². The molecule has 128 valence electrons. The standard InChI is InChI=1S/C20H19FN2O2/c1-14-3-2-4-16(11-14)20-17(13-25-23-20)7-10-19(24)22-12-15-5-8-18(21)9-6-15/h2-6,8-9,11,13H,7,10,12H2,1H3,(H,22,24). The molecular weight excluding hydrogens is 319 g/mol. The summed E-state index contributed by atoms with van der Waals surface area (Å²) in [5.74, 6) is -0.355. The van der Waals surface area contributed by atoms with Gasteiger partial charge in [-0.05, 0) is 37.1 Å². The van der Waals surface area contributed by atoms with Crippen molar-refractivity contribution in [2.24, 2.45) is 0 Å². The lowest BCUT2D eigenvalue weighted by atomic mass is 10.0. The number of rotatable bonds is 6. The van der Waals surface area contributed by atoms with Crippen molar-refractivity contribution in [2.45, 2.75) is 26.3 Å². The summed E-state index contributed by atoms with van der Waals surface area (Å²) in [4.78, 5) is 12.0. The summed E-state index contributed by atoms with van der Waals surface area (Å²) < 4.78 is 18.0. The molecule has 4 nitrogen and oxygen atoms in total. The van der Waals surface area contributed by atoms with Crippen molar-refractivity contribution in [3.8, 4) is 11.3 Å². The van der Waals surface area contributed by atoms with Gasteiger partial charge in [-0.15, -0.1) is 0 Å². The molecule has 0 saturated carbocycles. The van der Waals surface area contributed by atoms with E-state index in [1.54, 1.807) is 18.4 Å². The lowest BCUT2D eigenvalue weighted by Crippen LogP contribution is -2.23. The minimum Gasteiger partial charge on any atom is -0.364 e. The van der Waals surface area contributed by atoms with Crippen molar-refractivity contribution in [1.29, 1.82) is 0 Å². The monoisotopic (exact) mass is 338 g/mol. The van der Waals surface area contributed by atoms with Crippen LogP contribution in [0.5, 0.6) is 0 Å². The second-order valence-corrected chi connectivity index (χ2v) is 5.96. The van der Waals surface area contributed by atoms with Crippen molar-refractivity contribution >= 4 is 5.91 Å². The first-order chi connectivity index (χ1) is 12.1. The Labute approximate surface area is 145 Å². The van der Waals surface area contributed by atoms with E-state index in [0.717, 1.165) is 27.9 Å². The summed E-state index contributed by atoms with van der Waals surface area (Å²) in [6, 6.07) is 14.1. The number of aryl methyl sites for hydroxylation is 2. The number of nitrogens with one attached hydrogen (secondary N) is 1. The van der Waals surface area contributed by atoms with Gasteiger partial charge in [0.2, 0.25) is 5.91 Å². The molecule has 0 radical (unpaired) electrons. The highest BCUT2D eigenvalue weighted by molar-refractivity contribution is 5.76. The molecule has 0 aliphatic carbocycles. The van der Waals surface area contributed by atoms with Crippen molar-refractivity contribution in [3.63, 3.8) is 0 Å². The highest BCUT2D eigenvalue weighted by Crippen LogP contribution is 2.24. The summed E-state index contributed by atoms with van der Waals surface area (Å²) in [5, 5.41) is 6.90. The molecule has 3 aromatic rings. The fourth-order valence-electron chi connectivity index (χ4n) is 2.60. The van der Waals surface area contributed by atoms with E-state index in [-0.39, 0.29) is 11.7 Å². The smallest absolute Gasteiger partial charge is 0.220 e. The number of carbonyl (C=O) groups is 1. The maximum Gasteiger partial charge on any atom is 0.220 e. The number of amides is 1. The minimum atomic E-state index is -0.286. The third-order valence-electron chi connectivity index (χ3n) is 3.96. The molecule has 0 fully saturated rings. The number of benzene rings is 2. The first-order valence-corrected chi connectivity index (χ1v) is 8.13. The van der Waals surface area contributed by atoms with Crippen LogP contribution in [0.1, 0.15) is 23.1 Å². The van der Waals surface area contributed by atoms with Crippen LogP contribution in [-0.2, 0) is 17.8 Å². The zero-order valence-electron chi connectivity index (χ0n) is 14.0. The van der Waals surface area contributed by atoms with Crippen LogP contribution in [-0.4, -0.2) is 11.1 Å². The zero-order chi connectivity index (χ0) is 17.6. The Hall–Kier alpha value is -2.95. The van der Waals surface area contributed by atoms with E-state index in [2.05, 4.69) is 10.5 Å². The van der Waals surface area contributed by atoms with Gasteiger partial charge in [-0.25, -0.2) is 4.39 Å². The zero-order valence-corrected chi connectivity index (χ0v) is 14.0. The summed E-state index contributed by atoms with van der Waals surface area (Å²) in [7, 11) is 0. The second-order valence-electron chi connectivity index (χ2n) is 5.96. The topological polar surface area (TPSA) is 55.1 Å². The molecule has 3 rings (SSSR count). The van der Waals surface area contributed by atoms with Crippen LogP contribution < -0.4 is 5.32 Å². The molecule has 0 saturated heterocycles. The molecule has 0 bridgehead atoms. The first-order valence-electron chi connectivity index (χ1n) is 8.13. The van der Waals surface area contributed by atoms with Gasteiger partial charge in [0.25, 0.3) is 0 Å². The summed E-state index contributed by atoms with van der Waals surface area (Å²) in [5.41, 5.74) is 4.66. The van der Waals surface area contributed by atoms with E-state index in [1.807, 2.05) is 31.2 Å². The van der Waals surface area contributed by atoms with Gasteiger partial charge in [0.15, 0.2) is 0 Å². The molecule has 5 heteroatoms. The number of nitrogens with zero attached hydrogens (tertiary/aromatic N) is 1. The van der Waals surface area contributed by atoms with Gasteiger partial charge in [0.1, 0.15) is 17.8 Å². The maximum absolute atomic E-state index is 12.9. The Bertz CT molecular complexity index is 856. The molecule has 1 N–H and O–H groups in total. The fourth-order valence-corrected chi connectivity index (χ4v) is 2.60. The van der Waals surface area contributed by atoms with E-state index < -0.39 is 0 Å². The Morgan fingerprint density at radius 3 is 2.76 bits per heavy atom. The van der Waals surface area contributed by atoms with Crippen molar-refractivity contribution in [1.82, 2.24) is 10.5 Å². The predicted octanol–water partition coefficient (Wildman–Crippen LogP) is 4.04. The molecular formula is C20H19FN2O2. The van der Waals surface area contributed by atoms with Crippen LogP contribution in [0.25, 0.3) is 11.3 Å². The van der Waals surface area contributed by atoms with E-state index in [9.17, 15) is 9.18 Å². The first kappa shape index (κ1) is 16.9. The van der Waals surface area contributed by atoms with E-state index >= 15 is 0 Å². The van der Waals surface area contributed by atoms with Crippen LogP contribution >= 0.6 is 0 Å². The van der Waals surface area contributed by atoms with Crippen molar-refractivity contribution in [3.05, 3.63) is 77.3 Å². The van der Waals surface area contributed by atoms with Crippen LogP contribution in [0.4, 0.5) is 4.39 Å². The number of halogens is 1. The van der Waals surface area contributed by atoms with Gasteiger partial charge in [-0.2, -0.15) is 0 Å². The van der Waals surface area contributed by atoms with Gasteiger partial charge < -0.3 is 9.84 Å². The number of carbonyl (C=O) groups excluding carboxylic acids is 1. The van der Waals surface area contributed by atoms with E-state index in [4.69, 9.17) is 4.52 Å². The quantitative estimate of drug-likeness (QED) is 0.738. The number of hydrogen-bond acceptors (Lipinski definition) is 3. The SMILES string of the molecule is Cc1cccc(-c2nocc2CCC(=O)NCc2ccc(F)cc2)c1. The number of hydrogen-bond donors (Lipinski definition) is 1. The third kappa shape index (κ3) is 4.53. The molecule has 2 aromatic carbocycles. The molecule has 0 aliphatic heterocycles. The number of aromatic nitrogens is 1. The highest BCUT2D eigenvalue weighted by Gasteiger charge is 2.12. The lowest BCUT2D eigenvalue weighted by molar-refractivity contribution is -0.121. The van der Waals surface area contributed by atoms with Gasteiger partial charge >= 0.3 is 0 Å². The third-order valence-corrected chi connectivity index (χ3v) is 3.96. The Morgan fingerprint density at radius 1 is 1.20 bits per heavy atom. The summed E-state index contributed by atoms with van der Waals surface area (Å²) in [6.07, 6.45) is 2.47. The van der Waals surface area contributed by atoms with E-state index in [0.29, 0.717) is 19.4 Å². The molecule has 1 heterocycles. The molecule has 1 amide bonds. The van der Waals surface area contributed by atoms with Gasteiger partial charge in [0.05, 0.1) is 0 Å². The van der Waals surface area contributed by atoms with E-state index in [1.165, 1.54) is 12.1 Å². The van der Waals surface area contributed by atoms with Crippen LogP contribution in [0, 0.1) is 12.7 Å². The van der Waals surface area contributed by atoms with Gasteiger partial charge in [-0.1, -0.05) is 41.1 Å². The Balaban J connectivity index is 1.56. The molecule has 0 aliphatic rings. The molecule has 0 unspecified atom stereocenters. The molecule has 25 heavy (non-hydrogen) atoms. The highest BCUT2D eigenvalue weighted by atomic mass is 19.1. The van der Waals surface area contributed by atoms with Crippen LogP contribution in [0.3, 0.4) is 0 Å². The minimum absolute atomic E-state index is 0.0688. The maximum atomic E-state index is 12.9. The molecule has 1 aromatic heterocycles. The van der Waals surface area contributed by atoms with Crippen molar-refractivity contribution in [2.75, 3.05) is 0 Å². The van der Waals surface area contributed by atoms with Gasteiger partial charge in [-0.3, -0.25) is 4.79 Å². The van der Waals surface area contributed by atoms with Gasteiger partial charge in [0, 0.05) is 24.1 Å². The average molecular weight is 338 g/mol. The Morgan fingerprint density at radius 2 is 2.00 bits per heavy atom. The summed E-state index contributed by atoms with van der Waals surface area (Å²) in [6.45, 7) is 2.40.